The molecule has 106 valence electrons. The van der Waals surface area contributed by atoms with Crippen LogP contribution in [0.5, 0.6) is 0 Å². The van der Waals surface area contributed by atoms with Crippen LogP contribution in [0.3, 0.4) is 0 Å². The van der Waals surface area contributed by atoms with E-state index in [0.717, 1.165) is 36.8 Å². The van der Waals surface area contributed by atoms with E-state index in [1.807, 2.05) is 13.0 Å². The monoisotopic (exact) mass is 266 g/mol. The number of rotatable bonds is 8. The molecule has 1 aromatic rings. The van der Waals surface area contributed by atoms with Gasteiger partial charge in [-0.2, -0.15) is 0 Å². The Morgan fingerprint density at radius 1 is 1.42 bits per heavy atom. The lowest BCUT2D eigenvalue weighted by molar-refractivity contribution is 0.153. The van der Waals surface area contributed by atoms with Crippen molar-refractivity contribution in [1.82, 2.24) is 9.97 Å². The van der Waals surface area contributed by atoms with Crippen LogP contribution in [0.25, 0.3) is 0 Å². The number of methoxy groups -OCH3 is 1. The molecule has 0 bridgehead atoms. The van der Waals surface area contributed by atoms with E-state index in [9.17, 15) is 5.11 Å². The largest absolute Gasteiger partial charge is 0.394 e. The maximum atomic E-state index is 9.28. The molecule has 0 saturated heterocycles. The van der Waals surface area contributed by atoms with Crippen LogP contribution in [0.1, 0.15) is 31.5 Å². The number of anilines is 2. The number of hydrogen-bond acceptors (Lipinski definition) is 6. The number of ether oxygens (including phenoxy) is 1. The Labute approximate surface area is 113 Å². The summed E-state index contributed by atoms with van der Waals surface area (Å²) in [7, 11) is 1.62. The molecule has 1 heterocycles. The average Bonchev–Trinajstić information content (AvgIpc) is 3.22. The summed E-state index contributed by atoms with van der Waals surface area (Å²) in [5.41, 5.74) is 0. The van der Waals surface area contributed by atoms with Crippen molar-refractivity contribution in [3.05, 3.63) is 11.9 Å². The van der Waals surface area contributed by atoms with Gasteiger partial charge in [-0.3, -0.25) is 0 Å². The van der Waals surface area contributed by atoms with Crippen LogP contribution >= 0.6 is 0 Å². The van der Waals surface area contributed by atoms with Gasteiger partial charge in [0.05, 0.1) is 19.3 Å². The smallest absolute Gasteiger partial charge is 0.136 e. The molecule has 0 aromatic carbocycles. The minimum Gasteiger partial charge on any atom is -0.394 e. The third-order valence-corrected chi connectivity index (χ3v) is 2.98. The van der Waals surface area contributed by atoms with Crippen molar-refractivity contribution in [2.24, 2.45) is 0 Å². The summed E-state index contributed by atoms with van der Waals surface area (Å²) in [5.74, 6) is 2.95. The fraction of sp³-hybridized carbons (Fsp3) is 0.692. The van der Waals surface area contributed by atoms with Crippen LogP contribution in [0.15, 0.2) is 6.07 Å². The third kappa shape index (κ3) is 4.04. The van der Waals surface area contributed by atoms with Gasteiger partial charge in [-0.05, 0) is 19.8 Å². The Hall–Kier alpha value is -1.40. The van der Waals surface area contributed by atoms with Gasteiger partial charge in [0.2, 0.25) is 0 Å². The van der Waals surface area contributed by atoms with E-state index < -0.39 is 0 Å². The molecule has 3 N–H and O–H groups in total. The number of nitrogens with one attached hydrogen (secondary N) is 2. The lowest BCUT2D eigenvalue weighted by atomic mass is 10.3. The third-order valence-electron chi connectivity index (χ3n) is 2.98. The second kappa shape index (κ2) is 6.68. The summed E-state index contributed by atoms with van der Waals surface area (Å²) < 4.78 is 5.05. The molecule has 1 saturated carbocycles. The number of aliphatic hydroxyl groups is 1. The first-order valence-corrected chi connectivity index (χ1v) is 6.76. The number of aromatic nitrogens is 2. The minimum atomic E-state index is -0.151. The summed E-state index contributed by atoms with van der Waals surface area (Å²) in [6.45, 7) is 3.30. The van der Waals surface area contributed by atoms with Gasteiger partial charge in [-0.25, -0.2) is 9.97 Å². The van der Waals surface area contributed by atoms with E-state index >= 15 is 0 Å². The fourth-order valence-corrected chi connectivity index (χ4v) is 1.89. The molecule has 0 amide bonds. The van der Waals surface area contributed by atoms with E-state index in [1.54, 1.807) is 7.11 Å². The highest BCUT2D eigenvalue weighted by Crippen LogP contribution is 2.38. The molecular weight excluding hydrogens is 244 g/mol. The first kappa shape index (κ1) is 14.0. The van der Waals surface area contributed by atoms with E-state index in [-0.39, 0.29) is 12.6 Å². The molecule has 1 fully saturated rings. The van der Waals surface area contributed by atoms with Crippen molar-refractivity contribution in [2.45, 2.75) is 31.7 Å². The second-order valence-corrected chi connectivity index (χ2v) is 4.78. The first-order chi connectivity index (χ1) is 9.26. The van der Waals surface area contributed by atoms with Gasteiger partial charge in [0.1, 0.15) is 17.5 Å². The summed E-state index contributed by atoms with van der Waals surface area (Å²) >= 11 is 0. The Kier molecular flexibility index (Phi) is 4.93. The highest BCUT2D eigenvalue weighted by molar-refractivity contribution is 5.48. The van der Waals surface area contributed by atoms with Crippen molar-refractivity contribution in [3.63, 3.8) is 0 Å². The van der Waals surface area contributed by atoms with E-state index in [0.29, 0.717) is 12.5 Å². The van der Waals surface area contributed by atoms with E-state index in [2.05, 4.69) is 20.6 Å². The predicted molar refractivity (Wildman–Crippen MR) is 74.5 cm³/mol. The molecular formula is C13H22N4O2. The van der Waals surface area contributed by atoms with Crippen molar-refractivity contribution in [2.75, 3.05) is 37.5 Å². The molecule has 1 atom stereocenters. The highest BCUT2D eigenvalue weighted by atomic mass is 16.5. The van der Waals surface area contributed by atoms with Crippen molar-refractivity contribution in [3.8, 4) is 0 Å². The molecule has 1 aliphatic carbocycles. The fourth-order valence-electron chi connectivity index (χ4n) is 1.89. The van der Waals surface area contributed by atoms with Gasteiger partial charge in [0.15, 0.2) is 0 Å². The van der Waals surface area contributed by atoms with Crippen molar-refractivity contribution < 1.29 is 9.84 Å². The van der Waals surface area contributed by atoms with Crippen molar-refractivity contribution in [1.29, 1.82) is 0 Å². The Morgan fingerprint density at radius 2 is 2.16 bits per heavy atom. The zero-order valence-corrected chi connectivity index (χ0v) is 11.5. The standard InChI is InChI=1S/C13H22N4O2/c1-3-14-11-6-12(15-10(7-18)8-19-2)17-13(16-11)9-4-5-9/h6,9-10,18H,3-5,7-8H2,1-2H3,(H2,14,15,16,17). The normalized spacial score (nSPS) is 16.2. The molecule has 2 rings (SSSR count). The number of nitrogens with zero attached hydrogens (tertiary/aromatic N) is 2. The summed E-state index contributed by atoms with van der Waals surface area (Å²) in [5, 5.41) is 15.7. The van der Waals surface area contributed by atoms with Gasteiger partial charge in [-0.15, -0.1) is 0 Å². The van der Waals surface area contributed by atoms with Crippen LogP contribution < -0.4 is 10.6 Å². The van der Waals surface area contributed by atoms with Gasteiger partial charge < -0.3 is 20.5 Å². The summed E-state index contributed by atoms with van der Waals surface area (Å²) in [6.07, 6.45) is 2.33. The SMILES string of the molecule is CCNc1cc(NC(CO)COC)nc(C2CC2)n1. The first-order valence-electron chi connectivity index (χ1n) is 6.76. The molecule has 0 spiro atoms. The number of hydrogen-bond donors (Lipinski definition) is 3. The Balaban J connectivity index is 2.13. The van der Waals surface area contributed by atoms with Crippen molar-refractivity contribution >= 4 is 11.6 Å². The predicted octanol–water partition coefficient (Wildman–Crippen LogP) is 1.20. The molecule has 0 radical (unpaired) electrons. The van der Waals surface area contributed by atoms with Crippen LogP contribution in [0.2, 0.25) is 0 Å². The molecule has 1 aliphatic rings. The molecule has 19 heavy (non-hydrogen) atoms. The van der Waals surface area contributed by atoms with Gasteiger partial charge in [-0.1, -0.05) is 0 Å². The quantitative estimate of drug-likeness (QED) is 0.656. The zero-order valence-electron chi connectivity index (χ0n) is 11.5. The average molecular weight is 266 g/mol. The van der Waals surface area contributed by atoms with E-state index in [4.69, 9.17) is 4.74 Å². The summed E-state index contributed by atoms with van der Waals surface area (Å²) in [6, 6.07) is 1.72. The molecule has 6 heteroatoms. The minimum absolute atomic E-state index is 0.00709. The maximum Gasteiger partial charge on any atom is 0.136 e. The molecule has 6 nitrogen and oxygen atoms in total. The van der Waals surface area contributed by atoms with Crippen LogP contribution in [0.4, 0.5) is 11.6 Å². The maximum absolute atomic E-state index is 9.28. The Morgan fingerprint density at radius 3 is 2.74 bits per heavy atom. The Bertz CT molecular complexity index is 410. The molecule has 1 unspecified atom stereocenters. The lowest BCUT2D eigenvalue weighted by Crippen LogP contribution is -2.29. The number of aliphatic hydroxyl groups excluding tert-OH is 1. The molecule has 0 aliphatic heterocycles. The van der Waals surface area contributed by atoms with Crippen LogP contribution in [-0.2, 0) is 4.74 Å². The lowest BCUT2D eigenvalue weighted by Gasteiger charge is -2.17. The zero-order chi connectivity index (χ0) is 13.7. The second-order valence-electron chi connectivity index (χ2n) is 4.78. The molecule has 1 aromatic heterocycles. The van der Waals surface area contributed by atoms with Crippen LogP contribution in [-0.4, -0.2) is 48.0 Å². The topological polar surface area (TPSA) is 79.3 Å². The highest BCUT2D eigenvalue weighted by Gasteiger charge is 2.27. The van der Waals surface area contributed by atoms with Gasteiger partial charge in [0, 0.05) is 25.6 Å². The summed E-state index contributed by atoms with van der Waals surface area (Å²) in [4.78, 5) is 9.03. The van der Waals surface area contributed by atoms with E-state index in [1.165, 1.54) is 0 Å². The van der Waals surface area contributed by atoms with Gasteiger partial charge >= 0.3 is 0 Å². The van der Waals surface area contributed by atoms with Gasteiger partial charge in [0.25, 0.3) is 0 Å². The van der Waals surface area contributed by atoms with Crippen LogP contribution in [0, 0.1) is 0 Å².